The largest absolute Gasteiger partial charge is 0.507 e. The first-order chi connectivity index (χ1) is 20.1. The average molecular weight is 607 g/mol. The maximum absolute atomic E-state index is 13.1. The van der Waals surface area contributed by atoms with Crippen molar-refractivity contribution in [2.45, 2.75) is 5.92 Å². The predicted octanol–water partition coefficient (Wildman–Crippen LogP) is 4.49. The summed E-state index contributed by atoms with van der Waals surface area (Å²) < 4.78 is 10.7. The lowest BCUT2D eigenvalue weighted by Crippen LogP contribution is -2.22. The number of imidazole rings is 1. The van der Waals surface area contributed by atoms with E-state index in [9.17, 15) is 40.2 Å². The average Bonchev–Trinajstić information content (AvgIpc) is 3.47. The Morgan fingerprint density at radius 2 is 1.09 bits per heavy atom. The minimum atomic E-state index is -1.41. The Hall–Kier alpha value is -5.88. The lowest BCUT2D eigenvalue weighted by Gasteiger charge is -2.16. The highest BCUT2D eigenvalue weighted by molar-refractivity contribution is 5.85. The van der Waals surface area contributed by atoms with Crippen LogP contribution in [0.4, 0.5) is 0 Å². The number of halogens is 1. The fraction of sp³-hybridized carbons (Fsp3) is 0.0333. The van der Waals surface area contributed by atoms with Gasteiger partial charge in [-0.2, -0.15) is 0 Å². The molecule has 220 valence electrons. The number of hydrogen-bond acceptors (Lipinski definition) is 11. The first kappa shape index (κ1) is 30.1. The summed E-state index contributed by atoms with van der Waals surface area (Å²) in [6, 6.07) is 10.4. The van der Waals surface area contributed by atoms with Gasteiger partial charge in [0.1, 0.15) is 28.8 Å². The summed E-state index contributed by atoms with van der Waals surface area (Å²) in [6.45, 7) is 0. The molecular weight excluding hydrogens is 584 g/mol. The van der Waals surface area contributed by atoms with Gasteiger partial charge in [-0.1, -0.05) is 24.3 Å². The number of phenolic OH excluding ortho intramolecular Hbond substituents is 4. The molecule has 43 heavy (non-hydrogen) atoms. The number of H-pyrrole nitrogens is 1. The highest BCUT2D eigenvalue weighted by Gasteiger charge is 2.32. The van der Waals surface area contributed by atoms with E-state index in [4.69, 9.17) is 8.83 Å². The third-order valence-corrected chi connectivity index (χ3v) is 6.22. The molecule has 5 rings (SSSR count). The Balaban J connectivity index is 0.00000423. The van der Waals surface area contributed by atoms with Crippen LogP contribution >= 0.6 is 12.4 Å². The molecule has 3 heterocycles. The summed E-state index contributed by atoms with van der Waals surface area (Å²) in [5, 5.41) is 60.0. The van der Waals surface area contributed by atoms with E-state index in [0.29, 0.717) is 11.1 Å². The maximum atomic E-state index is 13.1. The van der Waals surface area contributed by atoms with Gasteiger partial charge in [-0.15, -0.1) is 12.4 Å². The minimum absolute atomic E-state index is 0. The standard InChI is InChI=1S/C30H22N2O10.ClH/c33-19-7-3-15(11-21(19)35)1-5-17-13-23(37)25(29(39)41-17)27(28-31-9-10-32-28)26-24(38)14-18(42-30(26)40)6-2-16-4-8-20(34)22(36)12-16;/h1-14,27,33-38H,(H,31,32);1H. The van der Waals surface area contributed by atoms with E-state index >= 15 is 0 Å². The van der Waals surface area contributed by atoms with Gasteiger partial charge in [-0.3, -0.25) is 0 Å². The first-order valence-corrected chi connectivity index (χ1v) is 12.2. The zero-order valence-electron chi connectivity index (χ0n) is 21.8. The maximum Gasteiger partial charge on any atom is 0.344 e. The van der Waals surface area contributed by atoms with Crippen LogP contribution in [0.1, 0.15) is 45.5 Å². The van der Waals surface area contributed by atoms with E-state index in [2.05, 4.69) is 9.97 Å². The molecular formula is C30H23ClN2O10. The molecule has 12 nitrogen and oxygen atoms in total. The Labute approximate surface area is 247 Å². The van der Waals surface area contributed by atoms with Crippen molar-refractivity contribution >= 4 is 36.7 Å². The van der Waals surface area contributed by atoms with Gasteiger partial charge in [0.05, 0.1) is 17.0 Å². The van der Waals surface area contributed by atoms with E-state index in [-0.39, 0.29) is 52.7 Å². The van der Waals surface area contributed by atoms with Gasteiger partial charge in [0.2, 0.25) is 0 Å². The van der Waals surface area contributed by atoms with Gasteiger partial charge >= 0.3 is 11.3 Å². The lowest BCUT2D eigenvalue weighted by atomic mass is 9.91. The molecule has 0 atom stereocenters. The molecule has 0 unspecified atom stereocenters. The molecule has 0 spiro atoms. The molecule has 0 bridgehead atoms. The van der Waals surface area contributed by atoms with Crippen molar-refractivity contribution in [3.63, 3.8) is 0 Å². The first-order valence-electron chi connectivity index (χ1n) is 12.2. The van der Waals surface area contributed by atoms with Crippen LogP contribution in [-0.4, -0.2) is 40.6 Å². The Morgan fingerprint density at radius 1 is 0.628 bits per heavy atom. The monoisotopic (exact) mass is 606 g/mol. The summed E-state index contributed by atoms with van der Waals surface area (Å²) in [5.41, 5.74) is -1.92. The zero-order valence-corrected chi connectivity index (χ0v) is 22.6. The molecule has 0 saturated carbocycles. The van der Waals surface area contributed by atoms with Crippen molar-refractivity contribution in [1.29, 1.82) is 0 Å². The van der Waals surface area contributed by atoms with Crippen molar-refractivity contribution in [3.05, 3.63) is 121 Å². The Morgan fingerprint density at radius 3 is 1.47 bits per heavy atom. The summed E-state index contributed by atoms with van der Waals surface area (Å²) in [5.74, 6) is -3.94. The van der Waals surface area contributed by atoms with Gasteiger partial charge in [0.15, 0.2) is 23.0 Å². The molecule has 5 aromatic rings. The topological polar surface area (TPSA) is 210 Å². The molecule has 0 aliphatic carbocycles. The van der Waals surface area contributed by atoms with Crippen LogP contribution in [-0.2, 0) is 0 Å². The van der Waals surface area contributed by atoms with E-state index in [1.54, 1.807) is 0 Å². The number of aromatic amines is 1. The number of hydrogen-bond donors (Lipinski definition) is 7. The second-order valence-corrected chi connectivity index (χ2v) is 9.04. The SMILES string of the molecule is Cl.O=c1oc(C=Cc2ccc(O)c(O)c2)cc(O)c1C(c1ncc[nH]1)c1c(O)cc(C=Cc2ccc(O)c(O)c2)oc1=O. The number of aromatic nitrogens is 2. The van der Waals surface area contributed by atoms with Crippen LogP contribution in [0.2, 0.25) is 0 Å². The Kier molecular flexibility index (Phi) is 8.62. The number of rotatable bonds is 7. The highest BCUT2D eigenvalue weighted by atomic mass is 35.5. The van der Waals surface area contributed by atoms with Crippen molar-refractivity contribution < 1.29 is 39.5 Å². The zero-order chi connectivity index (χ0) is 30.0. The number of aromatic hydroxyl groups is 6. The molecule has 7 N–H and O–H groups in total. The van der Waals surface area contributed by atoms with Gasteiger partial charge in [0, 0.05) is 24.5 Å². The fourth-order valence-electron chi connectivity index (χ4n) is 4.21. The minimum Gasteiger partial charge on any atom is -0.507 e. The number of nitrogens with one attached hydrogen (secondary N) is 1. The number of phenols is 4. The molecule has 13 heteroatoms. The molecule has 0 fully saturated rings. The lowest BCUT2D eigenvalue weighted by molar-refractivity contribution is 0.403. The summed E-state index contributed by atoms with van der Waals surface area (Å²) in [7, 11) is 0. The van der Waals surface area contributed by atoms with Gasteiger partial charge in [-0.25, -0.2) is 14.6 Å². The molecule has 2 aromatic carbocycles. The highest BCUT2D eigenvalue weighted by Crippen LogP contribution is 2.37. The number of benzene rings is 2. The van der Waals surface area contributed by atoms with Crippen LogP contribution in [0.5, 0.6) is 34.5 Å². The fourth-order valence-corrected chi connectivity index (χ4v) is 4.21. The van der Waals surface area contributed by atoms with Crippen LogP contribution in [0.15, 0.2) is 79.3 Å². The van der Waals surface area contributed by atoms with Crippen molar-refractivity contribution in [1.82, 2.24) is 9.97 Å². The van der Waals surface area contributed by atoms with Crippen molar-refractivity contribution in [2.24, 2.45) is 0 Å². The van der Waals surface area contributed by atoms with Crippen LogP contribution in [0, 0.1) is 0 Å². The summed E-state index contributed by atoms with van der Waals surface area (Å²) in [6.07, 6.45) is 8.40. The molecule has 3 aromatic heterocycles. The predicted molar refractivity (Wildman–Crippen MR) is 157 cm³/mol. The van der Waals surface area contributed by atoms with Gasteiger partial charge in [0.25, 0.3) is 0 Å². The molecule has 0 amide bonds. The van der Waals surface area contributed by atoms with Crippen LogP contribution in [0.3, 0.4) is 0 Å². The molecule has 0 aliphatic rings. The van der Waals surface area contributed by atoms with E-state index in [0.717, 1.165) is 12.1 Å². The summed E-state index contributed by atoms with van der Waals surface area (Å²) >= 11 is 0. The normalized spacial score (nSPS) is 12.0. The molecule has 0 saturated heterocycles. The van der Waals surface area contributed by atoms with E-state index in [1.807, 2.05) is 0 Å². The Bertz CT molecular complexity index is 1830. The third kappa shape index (κ3) is 6.39. The van der Waals surface area contributed by atoms with Crippen LogP contribution in [0.25, 0.3) is 24.3 Å². The van der Waals surface area contributed by atoms with Crippen LogP contribution < -0.4 is 11.3 Å². The third-order valence-electron chi connectivity index (χ3n) is 6.22. The molecule has 0 aliphatic heterocycles. The molecule has 0 radical (unpaired) electrons. The van der Waals surface area contributed by atoms with Crippen molar-refractivity contribution in [3.8, 4) is 34.5 Å². The van der Waals surface area contributed by atoms with Gasteiger partial charge in [-0.05, 0) is 47.5 Å². The van der Waals surface area contributed by atoms with Gasteiger partial charge < -0.3 is 44.5 Å². The summed E-state index contributed by atoms with van der Waals surface area (Å²) in [4.78, 5) is 33.2. The van der Waals surface area contributed by atoms with E-state index in [1.165, 1.54) is 73.1 Å². The second-order valence-electron chi connectivity index (χ2n) is 9.04. The smallest absolute Gasteiger partial charge is 0.344 e. The quantitative estimate of drug-likeness (QED) is 0.128. The number of nitrogens with zero attached hydrogens (tertiary/aromatic N) is 1. The van der Waals surface area contributed by atoms with E-state index < -0.39 is 39.8 Å². The second kappa shape index (κ2) is 12.3. The van der Waals surface area contributed by atoms with Crippen molar-refractivity contribution in [2.75, 3.05) is 0 Å².